The number of imide groups is 1. The Labute approximate surface area is 126 Å². The van der Waals surface area contributed by atoms with Gasteiger partial charge in [-0.05, 0) is 32.4 Å². The van der Waals surface area contributed by atoms with Crippen LogP contribution >= 0.6 is 11.6 Å². The largest absolute Gasteiger partial charge is 0.299 e. The average Bonchev–Trinajstić information content (AvgIpc) is 2.77. The van der Waals surface area contributed by atoms with Crippen LogP contribution in [0, 0.1) is 6.92 Å². The third-order valence-electron chi connectivity index (χ3n) is 3.58. The predicted octanol–water partition coefficient (Wildman–Crippen LogP) is 2.02. The molecule has 110 valence electrons. The van der Waals surface area contributed by atoms with Gasteiger partial charge in [0.1, 0.15) is 17.4 Å². The molecule has 0 aromatic carbocycles. The molecule has 1 saturated heterocycles. The van der Waals surface area contributed by atoms with E-state index in [-0.39, 0.29) is 17.2 Å². The topological polar surface area (TPSA) is 76.9 Å². The quantitative estimate of drug-likeness (QED) is 0.680. The van der Waals surface area contributed by atoms with E-state index >= 15 is 0 Å². The molecule has 2 atom stereocenters. The van der Waals surface area contributed by atoms with Crippen LogP contribution in [0.25, 0.3) is 11.2 Å². The molecule has 2 aromatic rings. The number of amides is 2. The van der Waals surface area contributed by atoms with Crippen molar-refractivity contribution in [3.8, 4) is 0 Å². The number of hydrogen-bond acceptors (Lipinski definition) is 4. The van der Waals surface area contributed by atoms with Gasteiger partial charge in [0.25, 0.3) is 0 Å². The molecule has 0 saturated carbocycles. The van der Waals surface area contributed by atoms with Crippen LogP contribution in [0.4, 0.5) is 0 Å². The number of carbonyl (C=O) groups excluding carboxylic acids is 2. The van der Waals surface area contributed by atoms with Crippen LogP contribution in [0.5, 0.6) is 0 Å². The van der Waals surface area contributed by atoms with Crippen molar-refractivity contribution in [1.82, 2.24) is 19.9 Å². The van der Waals surface area contributed by atoms with Crippen molar-refractivity contribution in [3.63, 3.8) is 0 Å². The highest BCUT2D eigenvalue weighted by Gasteiger charge is 2.32. The number of piperidine rings is 1. The first-order valence-corrected chi connectivity index (χ1v) is 7.24. The molecule has 6 nitrogen and oxygen atoms in total. The van der Waals surface area contributed by atoms with Gasteiger partial charge in [0.2, 0.25) is 11.8 Å². The fourth-order valence-corrected chi connectivity index (χ4v) is 2.76. The van der Waals surface area contributed by atoms with Crippen molar-refractivity contribution >= 4 is 34.6 Å². The Balaban J connectivity index is 2.19. The summed E-state index contributed by atoms with van der Waals surface area (Å²) in [5, 5.41) is 2.01. The summed E-state index contributed by atoms with van der Waals surface area (Å²) in [7, 11) is 0. The first-order valence-electron chi connectivity index (χ1n) is 6.80. The molecule has 0 spiro atoms. The lowest BCUT2D eigenvalue weighted by molar-refractivity contribution is -0.135. The van der Waals surface area contributed by atoms with Crippen LogP contribution in [0.15, 0.2) is 12.1 Å². The van der Waals surface area contributed by atoms with E-state index in [2.05, 4.69) is 15.3 Å². The molecule has 1 aliphatic heterocycles. The van der Waals surface area contributed by atoms with Gasteiger partial charge < -0.3 is 0 Å². The fourth-order valence-electron chi connectivity index (χ4n) is 2.60. The molecule has 3 heterocycles. The zero-order valence-corrected chi connectivity index (χ0v) is 12.5. The Morgan fingerprint density at radius 3 is 2.81 bits per heavy atom. The summed E-state index contributed by atoms with van der Waals surface area (Å²) in [6, 6.07) is 3.23. The van der Waals surface area contributed by atoms with Crippen molar-refractivity contribution in [2.24, 2.45) is 0 Å². The van der Waals surface area contributed by atoms with Gasteiger partial charge in [-0.25, -0.2) is 9.97 Å². The van der Waals surface area contributed by atoms with E-state index in [4.69, 9.17) is 11.6 Å². The number of hydrogen-bond donors (Lipinski definition) is 1. The van der Waals surface area contributed by atoms with Gasteiger partial charge in [0.05, 0.1) is 5.38 Å². The number of nitrogens with zero attached hydrogens (tertiary/aromatic N) is 3. The number of imidazole rings is 1. The summed E-state index contributed by atoms with van der Waals surface area (Å²) >= 11 is 6.21. The summed E-state index contributed by atoms with van der Waals surface area (Å²) in [4.78, 5) is 32.5. The maximum absolute atomic E-state index is 12.2. The van der Waals surface area contributed by atoms with Crippen LogP contribution in [0.1, 0.15) is 42.7 Å². The Hall–Kier alpha value is -1.95. The second-order valence-corrected chi connectivity index (χ2v) is 5.87. The molecular formula is C14H15ClN4O2. The molecule has 2 aromatic heterocycles. The number of carbonyl (C=O) groups is 2. The van der Waals surface area contributed by atoms with Crippen LogP contribution in [-0.2, 0) is 9.59 Å². The molecule has 0 aliphatic carbocycles. The minimum absolute atomic E-state index is 0.245. The molecule has 1 aliphatic rings. The lowest BCUT2D eigenvalue weighted by Gasteiger charge is -2.24. The van der Waals surface area contributed by atoms with Gasteiger partial charge in [-0.15, -0.1) is 11.6 Å². The summed E-state index contributed by atoms with van der Waals surface area (Å²) in [6.07, 6.45) is 0.736. The third kappa shape index (κ3) is 2.40. The number of fused-ring (bicyclic) bond motifs is 1. The maximum Gasteiger partial charge on any atom is 0.249 e. The van der Waals surface area contributed by atoms with Gasteiger partial charge in [-0.1, -0.05) is 0 Å². The van der Waals surface area contributed by atoms with E-state index in [1.54, 1.807) is 11.5 Å². The molecule has 2 amide bonds. The molecule has 1 N–H and O–H groups in total. The van der Waals surface area contributed by atoms with E-state index in [0.29, 0.717) is 29.8 Å². The van der Waals surface area contributed by atoms with Gasteiger partial charge in [-0.2, -0.15) is 0 Å². The van der Waals surface area contributed by atoms with Crippen LogP contribution in [0.2, 0.25) is 0 Å². The van der Waals surface area contributed by atoms with Gasteiger partial charge in [0.15, 0.2) is 5.65 Å². The van der Waals surface area contributed by atoms with Gasteiger partial charge in [-0.3, -0.25) is 19.5 Å². The molecule has 3 rings (SSSR count). The summed E-state index contributed by atoms with van der Waals surface area (Å²) in [6.45, 7) is 3.68. The van der Waals surface area contributed by atoms with Crippen molar-refractivity contribution < 1.29 is 9.59 Å². The highest BCUT2D eigenvalue weighted by molar-refractivity contribution is 6.20. The van der Waals surface area contributed by atoms with Crippen molar-refractivity contribution in [2.75, 3.05) is 0 Å². The monoisotopic (exact) mass is 306 g/mol. The number of alkyl halides is 1. The molecular weight excluding hydrogens is 292 g/mol. The van der Waals surface area contributed by atoms with Crippen molar-refractivity contribution in [3.05, 3.63) is 23.7 Å². The van der Waals surface area contributed by atoms with Crippen LogP contribution in [0.3, 0.4) is 0 Å². The standard InChI is InChI=1S/C14H15ClN4O2/c1-7-3-4-9-13(16-7)19(12(17-9)8(2)15)10-5-6-11(20)18-14(10)21/h3-4,8,10H,5-6H2,1-2H3,(H,18,20,21). The summed E-state index contributed by atoms with van der Waals surface area (Å²) in [5.74, 6) is 0.0250. The van der Waals surface area contributed by atoms with E-state index in [1.165, 1.54) is 0 Å². The maximum atomic E-state index is 12.2. The number of halogens is 1. The molecule has 2 unspecified atom stereocenters. The molecule has 0 radical (unpaired) electrons. The van der Waals surface area contributed by atoms with E-state index in [0.717, 1.165) is 5.69 Å². The van der Waals surface area contributed by atoms with Gasteiger partial charge in [0, 0.05) is 12.1 Å². The second kappa shape index (κ2) is 5.11. The zero-order valence-electron chi connectivity index (χ0n) is 11.8. The summed E-state index contributed by atoms with van der Waals surface area (Å²) in [5.41, 5.74) is 2.17. The number of aromatic nitrogens is 3. The molecule has 0 bridgehead atoms. The lowest BCUT2D eigenvalue weighted by Crippen LogP contribution is -2.42. The SMILES string of the molecule is Cc1ccc2nc(C(C)Cl)n(C3CCC(=O)NC3=O)c2n1. The van der Waals surface area contributed by atoms with Crippen molar-refractivity contribution in [2.45, 2.75) is 38.1 Å². The first-order chi connectivity index (χ1) is 9.97. The minimum atomic E-state index is -0.502. The van der Waals surface area contributed by atoms with E-state index < -0.39 is 6.04 Å². The normalized spacial score (nSPS) is 20.6. The molecule has 1 fully saturated rings. The Morgan fingerprint density at radius 1 is 1.38 bits per heavy atom. The van der Waals surface area contributed by atoms with E-state index in [9.17, 15) is 9.59 Å². The highest BCUT2D eigenvalue weighted by atomic mass is 35.5. The number of rotatable bonds is 2. The molecule has 7 heteroatoms. The highest BCUT2D eigenvalue weighted by Crippen LogP contribution is 2.30. The smallest absolute Gasteiger partial charge is 0.249 e. The summed E-state index contributed by atoms with van der Waals surface area (Å²) < 4.78 is 1.77. The Morgan fingerprint density at radius 2 is 2.14 bits per heavy atom. The lowest BCUT2D eigenvalue weighted by atomic mass is 10.1. The van der Waals surface area contributed by atoms with Gasteiger partial charge >= 0.3 is 0 Å². The Kier molecular flexibility index (Phi) is 3.41. The Bertz CT molecular complexity index is 738. The van der Waals surface area contributed by atoms with E-state index in [1.807, 2.05) is 19.1 Å². The van der Waals surface area contributed by atoms with Crippen molar-refractivity contribution in [1.29, 1.82) is 0 Å². The van der Waals surface area contributed by atoms with Crippen LogP contribution in [-0.4, -0.2) is 26.3 Å². The fraction of sp³-hybridized carbons (Fsp3) is 0.429. The third-order valence-corrected chi connectivity index (χ3v) is 3.78. The van der Waals surface area contributed by atoms with Crippen LogP contribution < -0.4 is 5.32 Å². The number of aryl methyl sites for hydroxylation is 1. The zero-order chi connectivity index (χ0) is 15.1. The molecule has 21 heavy (non-hydrogen) atoms. The first kappa shape index (κ1) is 14.0. The predicted molar refractivity (Wildman–Crippen MR) is 78.0 cm³/mol. The minimum Gasteiger partial charge on any atom is -0.299 e. The second-order valence-electron chi connectivity index (χ2n) is 5.22. The number of pyridine rings is 1. The number of nitrogens with one attached hydrogen (secondary N) is 1. The average molecular weight is 307 g/mol.